The summed E-state index contributed by atoms with van der Waals surface area (Å²) in [7, 11) is 0. The molecule has 0 unspecified atom stereocenters. The maximum Gasteiger partial charge on any atom is 2.00 e. The van der Waals surface area contributed by atoms with E-state index in [1.165, 1.54) is 0 Å². The van der Waals surface area contributed by atoms with Gasteiger partial charge in [0.25, 0.3) is 0 Å². The largest absolute Gasteiger partial charge is 2.00 e. The van der Waals surface area contributed by atoms with Crippen molar-refractivity contribution in [2.45, 2.75) is 0 Å². The van der Waals surface area contributed by atoms with E-state index in [1.54, 1.807) is 0 Å². The van der Waals surface area contributed by atoms with Crippen molar-refractivity contribution in [1.82, 2.24) is 0 Å². The van der Waals surface area contributed by atoms with Crippen molar-refractivity contribution in [2.75, 3.05) is 0 Å². The molecule has 0 saturated heterocycles. The number of rotatable bonds is 0. The first-order chi connectivity index (χ1) is 0. The average Bonchev–Trinajstić information content (AvgIpc) is 0. The zero-order valence-corrected chi connectivity index (χ0v) is 12.4. The Balaban J connectivity index is 0. The van der Waals surface area contributed by atoms with Gasteiger partial charge in [0.1, 0.15) is 0 Å². The summed E-state index contributed by atoms with van der Waals surface area (Å²) in [6.45, 7) is 0. The first kappa shape index (κ1) is 227. The van der Waals surface area contributed by atoms with Crippen LogP contribution in [0.1, 0.15) is 0 Å². The summed E-state index contributed by atoms with van der Waals surface area (Å²) in [6.07, 6.45) is 0. The van der Waals surface area contributed by atoms with Crippen LogP contribution in [0, 0.1) is 44.6 Å². The molecule has 0 aliphatic heterocycles. The van der Waals surface area contributed by atoms with E-state index >= 15 is 0 Å². The molecule has 0 N–H and O–H groups in total. The van der Waals surface area contributed by atoms with E-state index in [2.05, 4.69) is 0 Å². The Kier molecular flexibility index (Phi) is 4250. The van der Waals surface area contributed by atoms with Gasteiger partial charge in [-0.25, -0.2) is 0 Å². The van der Waals surface area contributed by atoms with Gasteiger partial charge in [-0.15, -0.1) is 0 Å². The SMILES string of the molecule is [CH3-].[CH3-].[CH3-].[CH3-].[CH3-].[CH3-].[Mg+2].[Mg+2].[Mg+2]. The molecule has 0 aliphatic rings. The Morgan fingerprint density at radius 3 is 0.222 bits per heavy atom. The van der Waals surface area contributed by atoms with E-state index in [1.807, 2.05) is 0 Å². The van der Waals surface area contributed by atoms with Crippen molar-refractivity contribution in [1.29, 1.82) is 0 Å². The summed E-state index contributed by atoms with van der Waals surface area (Å²) in [5, 5.41) is 0. The minimum atomic E-state index is 0. The normalized spacial score (nSPS) is 0. The van der Waals surface area contributed by atoms with Gasteiger partial charge in [-0.1, -0.05) is 0 Å². The minimum absolute atomic E-state index is 0. The van der Waals surface area contributed by atoms with Crippen LogP contribution in [0.25, 0.3) is 0 Å². The van der Waals surface area contributed by atoms with Crippen LogP contribution in [0.2, 0.25) is 0 Å². The summed E-state index contributed by atoms with van der Waals surface area (Å²) in [5.41, 5.74) is 0. The second-order valence-corrected chi connectivity index (χ2v) is 0. The maximum absolute atomic E-state index is 0. The van der Waals surface area contributed by atoms with Crippen molar-refractivity contribution >= 4 is 69.2 Å². The first-order valence-corrected chi connectivity index (χ1v) is 0. The molecule has 0 nitrogen and oxygen atoms in total. The summed E-state index contributed by atoms with van der Waals surface area (Å²) >= 11 is 0. The van der Waals surface area contributed by atoms with Gasteiger partial charge in [-0.3, -0.25) is 0 Å². The van der Waals surface area contributed by atoms with Gasteiger partial charge in [-0.2, -0.15) is 0 Å². The van der Waals surface area contributed by atoms with Gasteiger partial charge in [0.2, 0.25) is 0 Å². The molecule has 0 spiro atoms. The van der Waals surface area contributed by atoms with Crippen molar-refractivity contribution in [3.63, 3.8) is 0 Å². The molecule has 9 heavy (non-hydrogen) atoms. The molecule has 0 fully saturated rings. The van der Waals surface area contributed by atoms with Crippen LogP contribution in [0.4, 0.5) is 0 Å². The summed E-state index contributed by atoms with van der Waals surface area (Å²) in [6, 6.07) is 0. The summed E-state index contributed by atoms with van der Waals surface area (Å²) < 4.78 is 0. The molecule has 0 heterocycles. The maximum atomic E-state index is 0. The molecule has 0 aromatic rings. The van der Waals surface area contributed by atoms with E-state index in [-0.39, 0.29) is 114 Å². The van der Waals surface area contributed by atoms with Crippen molar-refractivity contribution in [3.8, 4) is 0 Å². The fourth-order valence-corrected chi connectivity index (χ4v) is 0. The minimum Gasteiger partial charge on any atom is -0.358 e. The van der Waals surface area contributed by atoms with Crippen LogP contribution < -0.4 is 0 Å². The Morgan fingerprint density at radius 2 is 0.222 bits per heavy atom. The van der Waals surface area contributed by atoms with Gasteiger partial charge in [0.15, 0.2) is 0 Å². The third kappa shape index (κ3) is 134. The predicted molar refractivity (Wildman–Crippen MR) is 55.7 cm³/mol. The van der Waals surface area contributed by atoms with E-state index in [0.29, 0.717) is 0 Å². The van der Waals surface area contributed by atoms with Gasteiger partial charge < -0.3 is 44.6 Å². The zero-order valence-electron chi connectivity index (χ0n) is 8.12. The molecule has 0 amide bonds. The van der Waals surface area contributed by atoms with E-state index in [4.69, 9.17) is 0 Å². The van der Waals surface area contributed by atoms with Crippen LogP contribution in [-0.2, 0) is 0 Å². The van der Waals surface area contributed by atoms with Crippen LogP contribution in [0.15, 0.2) is 0 Å². The Hall–Kier alpha value is 2.30. The summed E-state index contributed by atoms with van der Waals surface area (Å²) in [4.78, 5) is 0. The molecular formula is C6H18Mg3. The Bertz CT molecular complexity index is 8.26. The van der Waals surface area contributed by atoms with E-state index < -0.39 is 0 Å². The predicted octanol–water partition coefficient (Wildman–Crippen LogP) is 1.56. The zero-order chi connectivity index (χ0) is 0. The van der Waals surface area contributed by atoms with Gasteiger partial charge >= 0.3 is 69.2 Å². The molecule has 0 bridgehead atoms. The van der Waals surface area contributed by atoms with Crippen molar-refractivity contribution < 1.29 is 0 Å². The van der Waals surface area contributed by atoms with Crippen LogP contribution in [-0.4, -0.2) is 69.2 Å². The third-order valence-electron chi connectivity index (χ3n) is 0. The molecule has 0 aliphatic carbocycles. The molecule has 0 rings (SSSR count). The molecule has 3 heteroatoms. The standard InChI is InChI=1S/6CH3.3Mg/h6*1H3;;;/q6*-1;3*+2. The molecule has 0 radical (unpaired) electrons. The molecule has 0 atom stereocenters. The fraction of sp³-hybridized carbons (Fsp3) is 0. The van der Waals surface area contributed by atoms with Gasteiger partial charge in [-0.05, 0) is 0 Å². The number of hydrogen-bond acceptors (Lipinski definition) is 0. The van der Waals surface area contributed by atoms with Crippen LogP contribution in [0.3, 0.4) is 0 Å². The molecule has 0 aromatic carbocycles. The van der Waals surface area contributed by atoms with E-state index in [9.17, 15) is 0 Å². The van der Waals surface area contributed by atoms with Crippen molar-refractivity contribution in [3.05, 3.63) is 44.6 Å². The average molecular weight is 163 g/mol. The Labute approximate surface area is 112 Å². The summed E-state index contributed by atoms with van der Waals surface area (Å²) in [5.74, 6) is 0. The fourth-order valence-electron chi connectivity index (χ4n) is 0. The molecule has 48 valence electrons. The monoisotopic (exact) mass is 162 g/mol. The smallest absolute Gasteiger partial charge is 0.358 e. The topological polar surface area (TPSA) is 0 Å². The Morgan fingerprint density at radius 1 is 0.222 bits per heavy atom. The molecular weight excluding hydrogens is 145 g/mol. The molecule has 0 saturated carbocycles. The van der Waals surface area contributed by atoms with Gasteiger partial charge in [0.05, 0.1) is 0 Å². The van der Waals surface area contributed by atoms with Crippen LogP contribution in [0.5, 0.6) is 0 Å². The first-order valence-electron chi connectivity index (χ1n) is 0. The quantitative estimate of drug-likeness (QED) is 0.375. The van der Waals surface area contributed by atoms with E-state index in [0.717, 1.165) is 0 Å². The molecule has 0 aromatic heterocycles. The van der Waals surface area contributed by atoms with Crippen molar-refractivity contribution in [2.24, 2.45) is 0 Å². The second kappa shape index (κ2) is 169. The third-order valence-corrected chi connectivity index (χ3v) is 0. The van der Waals surface area contributed by atoms with Crippen LogP contribution >= 0.6 is 0 Å². The van der Waals surface area contributed by atoms with Gasteiger partial charge in [0, 0.05) is 0 Å². The number of hydrogen-bond donors (Lipinski definition) is 0. The second-order valence-electron chi connectivity index (χ2n) is 0.